The summed E-state index contributed by atoms with van der Waals surface area (Å²) < 4.78 is 0. The van der Waals surface area contributed by atoms with E-state index in [1.807, 2.05) is 32.0 Å². The molecule has 17 heavy (non-hydrogen) atoms. The summed E-state index contributed by atoms with van der Waals surface area (Å²) >= 11 is 3.44. The van der Waals surface area contributed by atoms with E-state index in [0.717, 1.165) is 22.0 Å². The highest BCUT2D eigenvalue weighted by Gasteiger charge is 2.17. The van der Waals surface area contributed by atoms with E-state index in [2.05, 4.69) is 35.1 Å². The maximum absolute atomic E-state index is 12.2. The summed E-state index contributed by atoms with van der Waals surface area (Å²) in [6.45, 7) is 8.23. The normalized spacial score (nSPS) is 12.6. The molecule has 2 nitrogen and oxygen atoms in total. The second kappa shape index (κ2) is 6.20. The molecule has 1 aromatic rings. The number of benzene rings is 1. The Bertz CT molecular complexity index is 401. The smallest absolute Gasteiger partial charge is 0.251 e. The average Bonchev–Trinajstić information content (AvgIpc) is 2.28. The lowest BCUT2D eigenvalue weighted by Gasteiger charge is -2.20. The van der Waals surface area contributed by atoms with Gasteiger partial charge in [-0.3, -0.25) is 4.79 Å². The van der Waals surface area contributed by atoms with Crippen molar-refractivity contribution in [2.24, 2.45) is 5.92 Å². The van der Waals surface area contributed by atoms with Crippen LogP contribution in [0.1, 0.15) is 35.3 Å². The Balaban J connectivity index is 2.86. The second-order valence-electron chi connectivity index (χ2n) is 4.73. The highest BCUT2D eigenvalue weighted by atomic mass is 79.9. The fourth-order valence-corrected chi connectivity index (χ4v) is 2.54. The standard InChI is InChI=1S/C14H20BrNO/c1-9(2)13(8-15)16-14(17)12-7-5-6-10(3)11(12)4/h5-7,9,13H,8H2,1-4H3,(H,16,17). The van der Waals surface area contributed by atoms with Crippen molar-refractivity contribution in [1.82, 2.24) is 5.32 Å². The molecule has 0 bridgehead atoms. The van der Waals surface area contributed by atoms with Crippen molar-refractivity contribution in [3.63, 3.8) is 0 Å². The van der Waals surface area contributed by atoms with Gasteiger partial charge in [-0.05, 0) is 37.0 Å². The summed E-state index contributed by atoms with van der Waals surface area (Å²) in [5, 5.41) is 3.84. The summed E-state index contributed by atoms with van der Waals surface area (Å²) in [6.07, 6.45) is 0. The predicted octanol–water partition coefficient (Wildman–Crippen LogP) is 3.45. The molecule has 0 aliphatic heterocycles. The third-order valence-corrected chi connectivity index (χ3v) is 3.83. The van der Waals surface area contributed by atoms with Crippen molar-refractivity contribution in [2.75, 3.05) is 5.33 Å². The summed E-state index contributed by atoms with van der Waals surface area (Å²) in [6, 6.07) is 6.00. The minimum absolute atomic E-state index is 0.0179. The Morgan fingerprint density at radius 2 is 2.00 bits per heavy atom. The van der Waals surface area contributed by atoms with Gasteiger partial charge in [0.05, 0.1) is 0 Å². The van der Waals surface area contributed by atoms with E-state index in [9.17, 15) is 4.79 Å². The third-order valence-electron chi connectivity index (χ3n) is 3.14. The van der Waals surface area contributed by atoms with Gasteiger partial charge in [-0.15, -0.1) is 0 Å². The lowest BCUT2D eigenvalue weighted by Crippen LogP contribution is -2.40. The number of rotatable bonds is 4. The van der Waals surface area contributed by atoms with Gasteiger partial charge in [0.25, 0.3) is 5.91 Å². The first-order valence-electron chi connectivity index (χ1n) is 5.90. The van der Waals surface area contributed by atoms with Crippen LogP contribution in [-0.4, -0.2) is 17.3 Å². The van der Waals surface area contributed by atoms with Gasteiger partial charge in [0.2, 0.25) is 0 Å². The zero-order valence-corrected chi connectivity index (χ0v) is 12.5. The average molecular weight is 298 g/mol. The van der Waals surface area contributed by atoms with Gasteiger partial charge in [-0.25, -0.2) is 0 Å². The highest BCUT2D eigenvalue weighted by molar-refractivity contribution is 9.09. The van der Waals surface area contributed by atoms with Crippen molar-refractivity contribution in [1.29, 1.82) is 0 Å². The number of carbonyl (C=O) groups excluding carboxylic acids is 1. The molecule has 0 saturated heterocycles. The summed E-state index contributed by atoms with van der Waals surface area (Å²) in [5.41, 5.74) is 2.98. The van der Waals surface area contributed by atoms with Crippen molar-refractivity contribution in [2.45, 2.75) is 33.7 Å². The first-order chi connectivity index (χ1) is 7.97. The van der Waals surface area contributed by atoms with Gasteiger partial charge < -0.3 is 5.32 Å². The van der Waals surface area contributed by atoms with Crippen LogP contribution in [0.5, 0.6) is 0 Å². The monoisotopic (exact) mass is 297 g/mol. The maximum atomic E-state index is 12.2. The second-order valence-corrected chi connectivity index (χ2v) is 5.37. The van der Waals surface area contributed by atoms with Crippen LogP contribution in [-0.2, 0) is 0 Å². The van der Waals surface area contributed by atoms with E-state index in [-0.39, 0.29) is 11.9 Å². The van der Waals surface area contributed by atoms with Gasteiger partial charge in [0, 0.05) is 16.9 Å². The molecule has 1 unspecified atom stereocenters. The third kappa shape index (κ3) is 3.56. The first kappa shape index (κ1) is 14.2. The Morgan fingerprint density at radius 1 is 1.35 bits per heavy atom. The maximum Gasteiger partial charge on any atom is 0.251 e. The zero-order valence-electron chi connectivity index (χ0n) is 10.9. The first-order valence-corrected chi connectivity index (χ1v) is 7.02. The largest absolute Gasteiger partial charge is 0.348 e. The quantitative estimate of drug-likeness (QED) is 0.848. The number of aryl methyl sites for hydroxylation is 1. The molecular weight excluding hydrogens is 278 g/mol. The van der Waals surface area contributed by atoms with Gasteiger partial charge in [-0.1, -0.05) is 41.9 Å². The number of alkyl halides is 1. The molecule has 0 aromatic heterocycles. The van der Waals surface area contributed by atoms with Crippen molar-refractivity contribution < 1.29 is 4.79 Å². The predicted molar refractivity (Wildman–Crippen MR) is 75.8 cm³/mol. The fraction of sp³-hybridized carbons (Fsp3) is 0.500. The van der Waals surface area contributed by atoms with Crippen LogP contribution in [0.2, 0.25) is 0 Å². The molecule has 0 aliphatic carbocycles. The topological polar surface area (TPSA) is 29.1 Å². The number of amides is 1. The molecule has 0 saturated carbocycles. The van der Waals surface area contributed by atoms with E-state index in [0.29, 0.717) is 5.92 Å². The van der Waals surface area contributed by atoms with Gasteiger partial charge >= 0.3 is 0 Å². The van der Waals surface area contributed by atoms with Crippen LogP contribution in [0.25, 0.3) is 0 Å². The molecule has 0 radical (unpaired) electrons. The number of halogens is 1. The van der Waals surface area contributed by atoms with Crippen molar-refractivity contribution in [3.8, 4) is 0 Å². The Labute approximate surface area is 112 Å². The molecule has 1 N–H and O–H groups in total. The summed E-state index contributed by atoms with van der Waals surface area (Å²) in [5.74, 6) is 0.438. The molecule has 1 rings (SSSR count). The van der Waals surface area contributed by atoms with E-state index in [4.69, 9.17) is 0 Å². The molecule has 0 heterocycles. The number of nitrogens with one attached hydrogen (secondary N) is 1. The molecular formula is C14H20BrNO. The molecule has 94 valence electrons. The minimum Gasteiger partial charge on any atom is -0.348 e. The molecule has 1 amide bonds. The molecule has 0 aliphatic rings. The van der Waals surface area contributed by atoms with Crippen LogP contribution in [0.3, 0.4) is 0 Å². The van der Waals surface area contributed by atoms with E-state index < -0.39 is 0 Å². The lowest BCUT2D eigenvalue weighted by atomic mass is 10.0. The molecule has 1 aromatic carbocycles. The summed E-state index contributed by atoms with van der Waals surface area (Å²) in [7, 11) is 0. The van der Waals surface area contributed by atoms with Crippen LogP contribution < -0.4 is 5.32 Å². The SMILES string of the molecule is Cc1cccc(C(=O)NC(CBr)C(C)C)c1C. The van der Waals surface area contributed by atoms with Crippen molar-refractivity contribution in [3.05, 3.63) is 34.9 Å². The van der Waals surface area contributed by atoms with Gasteiger partial charge in [0.1, 0.15) is 0 Å². The van der Waals surface area contributed by atoms with Crippen LogP contribution in [0, 0.1) is 19.8 Å². The fourth-order valence-electron chi connectivity index (χ4n) is 1.63. The number of carbonyl (C=O) groups is 1. The van der Waals surface area contributed by atoms with E-state index >= 15 is 0 Å². The Kier molecular flexibility index (Phi) is 5.19. The van der Waals surface area contributed by atoms with Crippen LogP contribution >= 0.6 is 15.9 Å². The lowest BCUT2D eigenvalue weighted by molar-refractivity contribution is 0.0931. The van der Waals surface area contributed by atoms with Crippen LogP contribution in [0.15, 0.2) is 18.2 Å². The molecule has 0 spiro atoms. The summed E-state index contributed by atoms with van der Waals surface area (Å²) in [4.78, 5) is 12.2. The molecule has 3 heteroatoms. The molecule has 0 fully saturated rings. The minimum atomic E-state index is 0.0179. The van der Waals surface area contributed by atoms with Gasteiger partial charge in [-0.2, -0.15) is 0 Å². The number of hydrogen-bond donors (Lipinski definition) is 1. The number of hydrogen-bond acceptors (Lipinski definition) is 1. The van der Waals surface area contributed by atoms with Crippen LogP contribution in [0.4, 0.5) is 0 Å². The highest BCUT2D eigenvalue weighted by Crippen LogP contribution is 2.14. The van der Waals surface area contributed by atoms with Gasteiger partial charge in [0.15, 0.2) is 0 Å². The van der Waals surface area contributed by atoms with Crippen molar-refractivity contribution >= 4 is 21.8 Å². The zero-order chi connectivity index (χ0) is 13.0. The molecule has 1 atom stereocenters. The Hall–Kier alpha value is -0.830. The van der Waals surface area contributed by atoms with E-state index in [1.165, 1.54) is 0 Å². The Morgan fingerprint density at radius 3 is 2.53 bits per heavy atom. The van der Waals surface area contributed by atoms with E-state index in [1.54, 1.807) is 0 Å².